The first-order chi connectivity index (χ1) is 15.5. The van der Waals surface area contributed by atoms with E-state index >= 15 is 0 Å². The van der Waals surface area contributed by atoms with Crippen LogP contribution in [0.3, 0.4) is 0 Å². The minimum Gasteiger partial charge on any atom is -0.493 e. The van der Waals surface area contributed by atoms with Crippen LogP contribution in [0.4, 0.5) is 5.00 Å². The highest BCUT2D eigenvalue weighted by Crippen LogP contribution is 2.36. The number of nitrogens with one attached hydrogen (secondary N) is 1. The van der Waals surface area contributed by atoms with Gasteiger partial charge in [0.25, 0.3) is 5.91 Å². The number of ether oxygens (including phenoxy) is 4. The zero-order valence-corrected chi connectivity index (χ0v) is 18.4. The Hall–Kier alpha value is -3.79. The second-order valence-corrected chi connectivity index (χ2v) is 7.12. The van der Waals surface area contributed by atoms with Crippen LogP contribution in [0.2, 0.25) is 0 Å². The van der Waals surface area contributed by atoms with Gasteiger partial charge in [0.05, 0.1) is 32.7 Å². The van der Waals surface area contributed by atoms with E-state index in [1.165, 1.54) is 50.0 Å². The Kier molecular flexibility index (Phi) is 7.50. The van der Waals surface area contributed by atoms with Gasteiger partial charge in [-0.2, -0.15) is 0 Å². The molecule has 0 aliphatic rings. The molecule has 32 heavy (non-hydrogen) atoms. The van der Waals surface area contributed by atoms with Crippen LogP contribution in [0, 0.1) is 0 Å². The first-order valence-corrected chi connectivity index (χ1v) is 10.4. The van der Waals surface area contributed by atoms with Gasteiger partial charge in [0, 0.05) is 10.9 Å². The molecule has 0 unspecified atom stereocenters. The quantitative estimate of drug-likeness (QED) is 0.478. The Morgan fingerprint density at radius 2 is 1.91 bits per heavy atom. The molecule has 1 N–H and O–H groups in total. The molecule has 0 aliphatic heterocycles. The van der Waals surface area contributed by atoms with E-state index in [9.17, 15) is 14.4 Å². The number of benzene rings is 1. The van der Waals surface area contributed by atoms with Crippen molar-refractivity contribution in [2.45, 2.75) is 6.92 Å². The molecular weight excluding hydrogens is 438 g/mol. The molecule has 2 aromatic heterocycles. The predicted molar refractivity (Wildman–Crippen MR) is 116 cm³/mol. The van der Waals surface area contributed by atoms with Crippen molar-refractivity contribution in [3.8, 4) is 22.8 Å². The summed E-state index contributed by atoms with van der Waals surface area (Å²) in [5, 5.41) is 4.70. The lowest BCUT2D eigenvalue weighted by atomic mass is 10.1. The van der Waals surface area contributed by atoms with Crippen LogP contribution in [0.25, 0.3) is 11.3 Å². The average molecular weight is 459 g/mol. The summed E-state index contributed by atoms with van der Waals surface area (Å²) in [5.41, 5.74) is 1.01. The van der Waals surface area contributed by atoms with Crippen LogP contribution in [0.15, 0.2) is 46.4 Å². The Morgan fingerprint density at radius 3 is 2.56 bits per heavy atom. The Balaban J connectivity index is 1.74. The lowest BCUT2D eigenvalue weighted by Gasteiger charge is -2.12. The minimum atomic E-state index is -0.573. The number of furan rings is 1. The molecule has 10 heteroatoms. The first-order valence-electron chi connectivity index (χ1n) is 9.50. The van der Waals surface area contributed by atoms with Gasteiger partial charge in [0.2, 0.25) is 0 Å². The third-order valence-corrected chi connectivity index (χ3v) is 5.15. The molecule has 0 aliphatic carbocycles. The van der Waals surface area contributed by atoms with Crippen LogP contribution < -0.4 is 14.8 Å². The number of hydrogen-bond acceptors (Lipinski definition) is 9. The molecule has 0 bridgehead atoms. The van der Waals surface area contributed by atoms with E-state index < -0.39 is 17.8 Å². The number of thiophene rings is 1. The SMILES string of the molecule is CCOC(=O)c1c(-c2ccco2)csc1NC(=O)COc1ccc(C(=O)OC)cc1OC. The zero-order valence-electron chi connectivity index (χ0n) is 17.6. The Labute approximate surface area is 187 Å². The molecular formula is C22H21NO8S. The van der Waals surface area contributed by atoms with Crippen molar-refractivity contribution >= 4 is 34.2 Å². The van der Waals surface area contributed by atoms with Crippen molar-refractivity contribution in [2.75, 3.05) is 32.8 Å². The van der Waals surface area contributed by atoms with Gasteiger partial charge in [-0.05, 0) is 37.3 Å². The number of rotatable bonds is 9. The van der Waals surface area contributed by atoms with Crippen molar-refractivity contribution in [1.29, 1.82) is 0 Å². The van der Waals surface area contributed by atoms with Gasteiger partial charge in [-0.15, -0.1) is 11.3 Å². The fraction of sp³-hybridized carbons (Fsp3) is 0.227. The van der Waals surface area contributed by atoms with E-state index in [4.69, 9.17) is 18.6 Å². The van der Waals surface area contributed by atoms with E-state index in [0.29, 0.717) is 16.3 Å². The number of esters is 2. The second kappa shape index (κ2) is 10.5. The lowest BCUT2D eigenvalue weighted by Crippen LogP contribution is -2.21. The minimum absolute atomic E-state index is 0.185. The van der Waals surface area contributed by atoms with Crippen LogP contribution in [0.1, 0.15) is 27.6 Å². The number of anilines is 1. The molecule has 9 nitrogen and oxygen atoms in total. The summed E-state index contributed by atoms with van der Waals surface area (Å²) in [5.74, 6) is -0.577. The van der Waals surface area contributed by atoms with Crippen molar-refractivity contribution in [2.24, 2.45) is 0 Å². The van der Waals surface area contributed by atoms with Gasteiger partial charge in [-0.3, -0.25) is 4.79 Å². The fourth-order valence-electron chi connectivity index (χ4n) is 2.81. The van der Waals surface area contributed by atoms with Crippen LogP contribution in [0.5, 0.6) is 11.5 Å². The molecule has 3 rings (SSSR count). The van der Waals surface area contributed by atoms with E-state index in [2.05, 4.69) is 10.1 Å². The van der Waals surface area contributed by atoms with Crippen molar-refractivity contribution < 1.29 is 37.7 Å². The van der Waals surface area contributed by atoms with Gasteiger partial charge in [-0.1, -0.05) is 0 Å². The summed E-state index contributed by atoms with van der Waals surface area (Å²) in [6.07, 6.45) is 1.49. The molecule has 1 amide bonds. The van der Waals surface area contributed by atoms with E-state index in [1.54, 1.807) is 24.4 Å². The van der Waals surface area contributed by atoms with E-state index in [-0.39, 0.29) is 35.8 Å². The van der Waals surface area contributed by atoms with Gasteiger partial charge < -0.3 is 28.7 Å². The molecule has 0 fully saturated rings. The van der Waals surface area contributed by atoms with E-state index in [0.717, 1.165) is 0 Å². The second-order valence-electron chi connectivity index (χ2n) is 6.25. The van der Waals surface area contributed by atoms with Gasteiger partial charge in [-0.25, -0.2) is 9.59 Å². The molecule has 0 radical (unpaired) electrons. The lowest BCUT2D eigenvalue weighted by molar-refractivity contribution is -0.118. The standard InChI is InChI=1S/C22H21NO8S/c1-4-29-22(26)19-14(15-6-5-9-30-15)12-32-20(19)23-18(24)11-31-16-8-7-13(21(25)28-3)10-17(16)27-2/h5-10,12H,4,11H2,1-3H3,(H,23,24). The molecule has 0 saturated carbocycles. The first kappa shape index (κ1) is 22.9. The summed E-state index contributed by atoms with van der Waals surface area (Å²) >= 11 is 1.17. The average Bonchev–Trinajstić information content (AvgIpc) is 3.47. The highest BCUT2D eigenvalue weighted by molar-refractivity contribution is 7.15. The predicted octanol–water partition coefficient (Wildman–Crippen LogP) is 4.00. The van der Waals surface area contributed by atoms with Gasteiger partial charge >= 0.3 is 11.9 Å². The van der Waals surface area contributed by atoms with Crippen molar-refractivity contribution in [1.82, 2.24) is 0 Å². The maximum atomic E-state index is 12.5. The number of carbonyl (C=O) groups excluding carboxylic acids is 3. The Morgan fingerprint density at radius 1 is 1.09 bits per heavy atom. The summed E-state index contributed by atoms with van der Waals surface area (Å²) in [6, 6.07) is 7.86. The smallest absolute Gasteiger partial charge is 0.341 e. The van der Waals surface area contributed by atoms with Crippen molar-refractivity contribution in [3.63, 3.8) is 0 Å². The number of carbonyl (C=O) groups is 3. The Bertz CT molecular complexity index is 1100. The topological polar surface area (TPSA) is 113 Å². The monoisotopic (exact) mass is 459 g/mol. The molecule has 1 aromatic carbocycles. The fourth-order valence-corrected chi connectivity index (χ4v) is 3.76. The van der Waals surface area contributed by atoms with Crippen LogP contribution >= 0.6 is 11.3 Å². The molecule has 2 heterocycles. The molecule has 0 atom stereocenters. The van der Waals surface area contributed by atoms with Crippen molar-refractivity contribution in [3.05, 3.63) is 53.1 Å². The molecule has 0 saturated heterocycles. The van der Waals surface area contributed by atoms with E-state index in [1.807, 2.05) is 0 Å². The summed E-state index contributed by atoms with van der Waals surface area (Å²) in [7, 11) is 2.69. The summed E-state index contributed by atoms with van der Waals surface area (Å²) in [6.45, 7) is 1.52. The number of methoxy groups -OCH3 is 2. The highest BCUT2D eigenvalue weighted by Gasteiger charge is 2.24. The van der Waals surface area contributed by atoms with Gasteiger partial charge in [0.15, 0.2) is 18.1 Å². The normalized spacial score (nSPS) is 10.3. The third kappa shape index (κ3) is 5.09. The number of hydrogen-bond donors (Lipinski definition) is 1. The third-order valence-electron chi connectivity index (χ3n) is 4.25. The maximum Gasteiger partial charge on any atom is 0.341 e. The summed E-state index contributed by atoms with van der Waals surface area (Å²) < 4.78 is 26.0. The highest BCUT2D eigenvalue weighted by atomic mass is 32.1. The molecule has 168 valence electrons. The van der Waals surface area contributed by atoms with Gasteiger partial charge in [0.1, 0.15) is 16.3 Å². The molecule has 0 spiro atoms. The maximum absolute atomic E-state index is 12.5. The number of amides is 1. The van der Waals surface area contributed by atoms with Crippen LogP contribution in [-0.4, -0.2) is 45.3 Å². The summed E-state index contributed by atoms with van der Waals surface area (Å²) in [4.78, 5) is 36.7. The van der Waals surface area contributed by atoms with Crippen LogP contribution in [-0.2, 0) is 14.3 Å². The zero-order chi connectivity index (χ0) is 23.1. The largest absolute Gasteiger partial charge is 0.493 e. The molecule has 3 aromatic rings.